The largest absolute Gasteiger partial charge is 0.493 e. The van der Waals surface area contributed by atoms with Crippen molar-refractivity contribution >= 4 is 21.7 Å². The zero-order chi connectivity index (χ0) is 19.3. The van der Waals surface area contributed by atoms with Crippen LogP contribution in [0.5, 0.6) is 17.2 Å². The summed E-state index contributed by atoms with van der Waals surface area (Å²) < 4.78 is 43.3. The van der Waals surface area contributed by atoms with Crippen LogP contribution >= 0.6 is 0 Å². The standard InChI is InChI=1S/C16H21NO8S/c1-22-12-5-4-11(14(23-2)15(12)24-3)16(19)25-8-13(18)17-10-6-7-26(20,21)9-10/h4-5,10H,6-9H2,1-3H3,(H,17,18)/t10-/m0/s1. The van der Waals surface area contributed by atoms with Gasteiger partial charge in [-0.25, -0.2) is 13.2 Å². The lowest BCUT2D eigenvalue weighted by atomic mass is 10.1. The molecule has 1 N–H and O–H groups in total. The fourth-order valence-corrected chi connectivity index (χ4v) is 4.32. The van der Waals surface area contributed by atoms with Crippen LogP contribution in [0.3, 0.4) is 0 Å². The lowest BCUT2D eigenvalue weighted by molar-refractivity contribution is -0.124. The Hall–Kier alpha value is -2.49. The highest BCUT2D eigenvalue weighted by Gasteiger charge is 2.29. The van der Waals surface area contributed by atoms with Crippen molar-refractivity contribution in [2.24, 2.45) is 0 Å². The molecule has 1 aromatic carbocycles. The highest BCUT2D eigenvalue weighted by atomic mass is 32.2. The second-order valence-electron chi connectivity index (χ2n) is 5.63. The maximum Gasteiger partial charge on any atom is 0.342 e. The van der Waals surface area contributed by atoms with Gasteiger partial charge >= 0.3 is 5.97 Å². The first kappa shape index (κ1) is 19.8. The third-order valence-corrected chi connectivity index (χ3v) is 5.62. The summed E-state index contributed by atoms with van der Waals surface area (Å²) in [5.41, 5.74) is 0.0707. The van der Waals surface area contributed by atoms with E-state index in [0.29, 0.717) is 12.2 Å². The summed E-state index contributed by atoms with van der Waals surface area (Å²) in [5.74, 6) is -0.682. The van der Waals surface area contributed by atoms with Gasteiger partial charge in [-0.1, -0.05) is 0 Å². The van der Waals surface area contributed by atoms with Crippen molar-refractivity contribution in [2.45, 2.75) is 12.5 Å². The number of carbonyl (C=O) groups excluding carboxylic acids is 2. The smallest absolute Gasteiger partial charge is 0.342 e. The number of benzene rings is 1. The molecule has 0 aliphatic carbocycles. The zero-order valence-corrected chi connectivity index (χ0v) is 15.6. The summed E-state index contributed by atoms with van der Waals surface area (Å²) in [6.07, 6.45) is 0.353. The maximum atomic E-state index is 12.3. The quantitative estimate of drug-likeness (QED) is 0.658. The van der Waals surface area contributed by atoms with Crippen LogP contribution in [-0.2, 0) is 19.4 Å². The van der Waals surface area contributed by atoms with E-state index in [1.165, 1.54) is 33.5 Å². The van der Waals surface area contributed by atoms with Gasteiger partial charge in [0, 0.05) is 6.04 Å². The van der Waals surface area contributed by atoms with Crippen molar-refractivity contribution in [3.8, 4) is 17.2 Å². The Balaban J connectivity index is 2.00. The first-order valence-corrected chi connectivity index (χ1v) is 9.59. The summed E-state index contributed by atoms with van der Waals surface area (Å²) >= 11 is 0. The van der Waals surface area contributed by atoms with Crippen LogP contribution in [0.2, 0.25) is 0 Å². The van der Waals surface area contributed by atoms with E-state index < -0.39 is 34.4 Å². The van der Waals surface area contributed by atoms with E-state index in [4.69, 9.17) is 18.9 Å². The van der Waals surface area contributed by atoms with E-state index in [1.54, 1.807) is 0 Å². The molecule has 1 aliphatic heterocycles. The minimum absolute atomic E-state index is 0.0422. The van der Waals surface area contributed by atoms with Crippen LogP contribution < -0.4 is 19.5 Å². The summed E-state index contributed by atoms with van der Waals surface area (Å²) in [5, 5.41) is 2.54. The number of amides is 1. The van der Waals surface area contributed by atoms with Gasteiger partial charge in [-0.05, 0) is 18.6 Å². The Kier molecular flexibility index (Phi) is 6.30. The van der Waals surface area contributed by atoms with Crippen LogP contribution in [0.25, 0.3) is 0 Å². The number of nitrogens with one attached hydrogen (secondary N) is 1. The molecule has 2 rings (SSSR count). The molecule has 1 fully saturated rings. The predicted molar refractivity (Wildman–Crippen MR) is 91.6 cm³/mol. The second-order valence-corrected chi connectivity index (χ2v) is 7.85. The fraction of sp³-hybridized carbons (Fsp3) is 0.500. The average Bonchev–Trinajstić information content (AvgIpc) is 2.96. The highest BCUT2D eigenvalue weighted by Crippen LogP contribution is 2.39. The van der Waals surface area contributed by atoms with Crippen molar-refractivity contribution < 1.29 is 37.0 Å². The van der Waals surface area contributed by atoms with E-state index in [1.807, 2.05) is 0 Å². The minimum atomic E-state index is -3.10. The van der Waals surface area contributed by atoms with Crippen LogP contribution in [0, 0.1) is 0 Å². The zero-order valence-electron chi connectivity index (χ0n) is 14.7. The van der Waals surface area contributed by atoms with Crippen LogP contribution in [0.1, 0.15) is 16.8 Å². The molecule has 144 valence electrons. The molecule has 10 heteroatoms. The molecule has 1 aliphatic rings. The van der Waals surface area contributed by atoms with E-state index >= 15 is 0 Å². The molecule has 1 saturated heterocycles. The normalized spacial score (nSPS) is 18.0. The predicted octanol–water partition coefficient (Wildman–Crippen LogP) is 0.173. The van der Waals surface area contributed by atoms with E-state index in [9.17, 15) is 18.0 Å². The Morgan fingerprint density at radius 2 is 1.81 bits per heavy atom. The third-order valence-electron chi connectivity index (χ3n) is 3.86. The van der Waals surface area contributed by atoms with Gasteiger partial charge < -0.3 is 24.3 Å². The molecule has 1 heterocycles. The van der Waals surface area contributed by atoms with Gasteiger partial charge in [-0.2, -0.15) is 0 Å². The third kappa shape index (κ3) is 4.57. The first-order valence-electron chi connectivity index (χ1n) is 7.77. The summed E-state index contributed by atoms with van der Waals surface area (Å²) in [4.78, 5) is 24.1. The molecular weight excluding hydrogens is 366 g/mol. The molecule has 0 unspecified atom stereocenters. The van der Waals surface area contributed by atoms with E-state index in [0.717, 1.165) is 0 Å². The first-order chi connectivity index (χ1) is 12.3. The highest BCUT2D eigenvalue weighted by molar-refractivity contribution is 7.91. The van der Waals surface area contributed by atoms with Crippen molar-refractivity contribution in [3.63, 3.8) is 0 Å². The molecule has 0 aromatic heterocycles. The summed E-state index contributed by atoms with van der Waals surface area (Å²) in [7, 11) is 1.11. The monoisotopic (exact) mass is 387 g/mol. The molecule has 9 nitrogen and oxygen atoms in total. The number of methoxy groups -OCH3 is 3. The SMILES string of the molecule is COc1ccc(C(=O)OCC(=O)N[C@H]2CCS(=O)(=O)C2)c(OC)c1OC. The number of hydrogen-bond acceptors (Lipinski definition) is 8. The van der Waals surface area contributed by atoms with Crippen LogP contribution in [-0.4, -0.2) is 65.8 Å². The number of rotatable bonds is 7. The van der Waals surface area contributed by atoms with Gasteiger partial charge in [0.25, 0.3) is 5.91 Å². The molecule has 1 amide bonds. The second kappa shape index (κ2) is 8.26. The molecule has 0 spiro atoms. The maximum absolute atomic E-state index is 12.3. The lowest BCUT2D eigenvalue weighted by Crippen LogP contribution is -2.38. The van der Waals surface area contributed by atoms with Gasteiger partial charge in [0.05, 0.1) is 32.8 Å². The van der Waals surface area contributed by atoms with Crippen LogP contribution in [0.15, 0.2) is 12.1 Å². The van der Waals surface area contributed by atoms with Gasteiger partial charge in [0.2, 0.25) is 5.75 Å². The van der Waals surface area contributed by atoms with Gasteiger partial charge in [-0.15, -0.1) is 0 Å². The van der Waals surface area contributed by atoms with E-state index in [2.05, 4.69) is 5.32 Å². The van der Waals surface area contributed by atoms with Crippen molar-refractivity contribution in [1.29, 1.82) is 0 Å². The van der Waals surface area contributed by atoms with Crippen molar-refractivity contribution in [1.82, 2.24) is 5.32 Å². The minimum Gasteiger partial charge on any atom is -0.493 e. The number of sulfone groups is 1. The van der Waals surface area contributed by atoms with Crippen molar-refractivity contribution in [2.75, 3.05) is 39.4 Å². The number of carbonyl (C=O) groups is 2. The van der Waals surface area contributed by atoms with E-state index in [-0.39, 0.29) is 28.6 Å². The molecule has 0 saturated carbocycles. The van der Waals surface area contributed by atoms with Gasteiger partial charge in [0.1, 0.15) is 5.56 Å². The summed E-state index contributed by atoms with van der Waals surface area (Å²) in [6.45, 7) is -0.535. The number of hydrogen-bond donors (Lipinski definition) is 1. The molecule has 0 bridgehead atoms. The molecular formula is C16H21NO8S. The Bertz CT molecular complexity index is 790. The molecule has 26 heavy (non-hydrogen) atoms. The summed E-state index contributed by atoms with van der Waals surface area (Å²) in [6, 6.07) is 2.49. The fourth-order valence-electron chi connectivity index (χ4n) is 2.65. The topological polar surface area (TPSA) is 117 Å². The Morgan fingerprint density at radius 1 is 1.12 bits per heavy atom. The Labute approximate surface area is 151 Å². The molecule has 1 aromatic rings. The lowest BCUT2D eigenvalue weighted by Gasteiger charge is -2.15. The number of esters is 1. The number of ether oxygens (including phenoxy) is 4. The van der Waals surface area contributed by atoms with Crippen LogP contribution in [0.4, 0.5) is 0 Å². The molecule has 0 radical (unpaired) electrons. The van der Waals surface area contributed by atoms with Crippen molar-refractivity contribution in [3.05, 3.63) is 17.7 Å². The van der Waals surface area contributed by atoms with Gasteiger partial charge in [-0.3, -0.25) is 4.79 Å². The average molecular weight is 387 g/mol. The molecule has 1 atom stereocenters. The van der Waals surface area contributed by atoms with Gasteiger partial charge in [0.15, 0.2) is 27.9 Å². The Morgan fingerprint density at radius 3 is 2.35 bits per heavy atom.